The molecule has 0 radical (unpaired) electrons. The van der Waals surface area contributed by atoms with E-state index in [2.05, 4.69) is 16.0 Å². The van der Waals surface area contributed by atoms with Gasteiger partial charge in [0, 0.05) is 30.0 Å². The van der Waals surface area contributed by atoms with Gasteiger partial charge in [0.15, 0.2) is 0 Å². The van der Waals surface area contributed by atoms with Crippen molar-refractivity contribution in [1.29, 1.82) is 0 Å². The van der Waals surface area contributed by atoms with Crippen molar-refractivity contribution in [2.45, 2.75) is 6.42 Å². The van der Waals surface area contributed by atoms with Crippen molar-refractivity contribution in [3.8, 4) is 0 Å². The quantitative estimate of drug-likeness (QED) is 0.768. The molecule has 2 aromatic carbocycles. The summed E-state index contributed by atoms with van der Waals surface area (Å²) >= 11 is 0. The minimum Gasteiger partial charge on any atom is -0.343 e. The van der Waals surface area contributed by atoms with Crippen molar-refractivity contribution in [3.63, 3.8) is 0 Å². The van der Waals surface area contributed by atoms with Gasteiger partial charge in [-0.05, 0) is 42.8 Å². The largest absolute Gasteiger partial charge is 0.343 e. The second-order valence-corrected chi connectivity index (χ2v) is 5.88. The Morgan fingerprint density at radius 2 is 1.77 bits per heavy atom. The number of hydrogen-bond acceptors (Lipinski definition) is 3. The molecule has 3 rings (SSSR count). The lowest BCUT2D eigenvalue weighted by Crippen LogP contribution is -2.46. The molecular formula is C19H20N4O3. The van der Waals surface area contributed by atoms with Crippen LogP contribution in [0.15, 0.2) is 54.6 Å². The van der Waals surface area contributed by atoms with E-state index in [0.29, 0.717) is 24.3 Å². The predicted molar refractivity (Wildman–Crippen MR) is 99.2 cm³/mol. The molecule has 1 fully saturated rings. The Balaban J connectivity index is 1.51. The number of rotatable bonds is 5. The number of nitrogens with zero attached hydrogens (tertiary/aromatic N) is 1. The Labute approximate surface area is 151 Å². The number of amides is 4. The number of carbonyl (C=O) groups excluding carboxylic acids is 3. The molecule has 0 aromatic heterocycles. The minimum atomic E-state index is -0.322. The van der Waals surface area contributed by atoms with E-state index < -0.39 is 0 Å². The van der Waals surface area contributed by atoms with Gasteiger partial charge in [0.2, 0.25) is 5.91 Å². The SMILES string of the molecule is O=C(CNC(=O)c1ccccc1)Nc1ccc(N2CCCNC2=O)cc1. The molecule has 26 heavy (non-hydrogen) atoms. The topological polar surface area (TPSA) is 90.5 Å². The van der Waals surface area contributed by atoms with Gasteiger partial charge in [-0.2, -0.15) is 0 Å². The zero-order chi connectivity index (χ0) is 18.4. The molecule has 0 spiro atoms. The lowest BCUT2D eigenvalue weighted by atomic mass is 10.2. The molecule has 1 heterocycles. The standard InChI is InChI=1S/C19H20N4O3/c24-17(13-21-18(25)14-5-2-1-3-6-14)22-15-7-9-16(10-8-15)23-12-4-11-20-19(23)26/h1-3,5-10H,4,11-13H2,(H,20,26)(H,21,25)(H,22,24). The Hall–Kier alpha value is -3.35. The highest BCUT2D eigenvalue weighted by molar-refractivity contribution is 5.99. The van der Waals surface area contributed by atoms with Crippen LogP contribution in [-0.2, 0) is 4.79 Å². The van der Waals surface area contributed by atoms with Gasteiger partial charge >= 0.3 is 6.03 Å². The van der Waals surface area contributed by atoms with Crippen molar-refractivity contribution < 1.29 is 14.4 Å². The third-order valence-corrected chi connectivity index (χ3v) is 3.99. The van der Waals surface area contributed by atoms with Crippen LogP contribution in [0.2, 0.25) is 0 Å². The Kier molecular flexibility index (Phi) is 5.48. The van der Waals surface area contributed by atoms with Crippen molar-refractivity contribution in [2.24, 2.45) is 0 Å². The summed E-state index contributed by atoms with van der Waals surface area (Å²) in [6.45, 7) is 1.24. The monoisotopic (exact) mass is 352 g/mol. The van der Waals surface area contributed by atoms with Gasteiger partial charge < -0.3 is 16.0 Å². The Morgan fingerprint density at radius 3 is 2.46 bits per heavy atom. The van der Waals surface area contributed by atoms with Crippen LogP contribution in [0.25, 0.3) is 0 Å². The molecule has 0 aliphatic carbocycles. The summed E-state index contributed by atoms with van der Waals surface area (Å²) in [5.41, 5.74) is 1.88. The number of benzene rings is 2. The van der Waals surface area contributed by atoms with Crippen molar-refractivity contribution in [1.82, 2.24) is 10.6 Å². The van der Waals surface area contributed by atoms with Crippen LogP contribution in [0.3, 0.4) is 0 Å². The first-order valence-electron chi connectivity index (χ1n) is 8.42. The number of urea groups is 1. The van der Waals surface area contributed by atoms with Gasteiger partial charge in [-0.1, -0.05) is 18.2 Å². The van der Waals surface area contributed by atoms with Gasteiger partial charge in [-0.15, -0.1) is 0 Å². The molecule has 7 heteroatoms. The fraction of sp³-hybridized carbons (Fsp3) is 0.211. The average molecular weight is 352 g/mol. The molecule has 1 aliphatic heterocycles. The molecule has 134 valence electrons. The first-order valence-corrected chi connectivity index (χ1v) is 8.42. The molecule has 0 saturated carbocycles. The second kappa shape index (κ2) is 8.15. The molecule has 0 unspecified atom stereocenters. The molecule has 1 aliphatic rings. The van der Waals surface area contributed by atoms with E-state index in [-0.39, 0.29) is 24.4 Å². The van der Waals surface area contributed by atoms with Crippen LogP contribution in [0.4, 0.5) is 16.2 Å². The number of nitrogens with one attached hydrogen (secondary N) is 3. The van der Waals surface area contributed by atoms with Crippen LogP contribution in [-0.4, -0.2) is 37.5 Å². The number of anilines is 2. The van der Waals surface area contributed by atoms with E-state index in [1.165, 1.54) is 0 Å². The van der Waals surface area contributed by atoms with Gasteiger partial charge in [0.05, 0.1) is 6.54 Å². The highest BCUT2D eigenvalue weighted by atomic mass is 16.2. The molecule has 1 saturated heterocycles. The summed E-state index contributed by atoms with van der Waals surface area (Å²) in [6.07, 6.45) is 0.894. The van der Waals surface area contributed by atoms with E-state index in [0.717, 1.165) is 12.1 Å². The Morgan fingerprint density at radius 1 is 1.04 bits per heavy atom. The molecule has 3 N–H and O–H groups in total. The lowest BCUT2D eigenvalue weighted by molar-refractivity contribution is -0.115. The highest BCUT2D eigenvalue weighted by Crippen LogP contribution is 2.19. The van der Waals surface area contributed by atoms with Crippen molar-refractivity contribution >= 4 is 29.2 Å². The van der Waals surface area contributed by atoms with Gasteiger partial charge in [-0.3, -0.25) is 14.5 Å². The van der Waals surface area contributed by atoms with E-state index in [9.17, 15) is 14.4 Å². The maximum atomic E-state index is 12.0. The van der Waals surface area contributed by atoms with Crippen LogP contribution in [0.1, 0.15) is 16.8 Å². The first kappa shape index (κ1) is 17.5. The smallest absolute Gasteiger partial charge is 0.321 e. The zero-order valence-corrected chi connectivity index (χ0v) is 14.2. The summed E-state index contributed by atoms with van der Waals surface area (Å²) in [5.74, 6) is -0.620. The summed E-state index contributed by atoms with van der Waals surface area (Å²) in [5, 5.41) is 8.09. The maximum Gasteiger partial charge on any atom is 0.321 e. The molecule has 7 nitrogen and oxygen atoms in total. The third kappa shape index (κ3) is 4.38. The second-order valence-electron chi connectivity index (χ2n) is 5.88. The lowest BCUT2D eigenvalue weighted by Gasteiger charge is -2.27. The summed E-state index contributed by atoms with van der Waals surface area (Å²) < 4.78 is 0. The predicted octanol–water partition coefficient (Wildman–Crippen LogP) is 1.97. The van der Waals surface area contributed by atoms with Gasteiger partial charge in [0.25, 0.3) is 5.91 Å². The fourth-order valence-corrected chi connectivity index (χ4v) is 2.66. The number of hydrogen-bond donors (Lipinski definition) is 3. The molecule has 0 atom stereocenters. The summed E-state index contributed by atoms with van der Waals surface area (Å²) in [7, 11) is 0. The van der Waals surface area contributed by atoms with E-state index in [1.807, 2.05) is 6.07 Å². The molecule has 2 aromatic rings. The summed E-state index contributed by atoms with van der Waals surface area (Å²) in [4.78, 5) is 37.4. The van der Waals surface area contributed by atoms with Crippen LogP contribution >= 0.6 is 0 Å². The average Bonchev–Trinajstić information content (AvgIpc) is 2.68. The molecule has 4 amide bonds. The maximum absolute atomic E-state index is 12.0. The highest BCUT2D eigenvalue weighted by Gasteiger charge is 2.18. The molecular weight excluding hydrogens is 332 g/mol. The Bertz CT molecular complexity index is 790. The van der Waals surface area contributed by atoms with Crippen LogP contribution in [0, 0.1) is 0 Å². The van der Waals surface area contributed by atoms with E-state index in [1.54, 1.807) is 53.4 Å². The summed E-state index contributed by atoms with van der Waals surface area (Å²) in [6, 6.07) is 15.6. The van der Waals surface area contributed by atoms with Crippen molar-refractivity contribution in [2.75, 3.05) is 29.9 Å². The van der Waals surface area contributed by atoms with Crippen LogP contribution in [0.5, 0.6) is 0 Å². The van der Waals surface area contributed by atoms with Crippen molar-refractivity contribution in [3.05, 3.63) is 60.2 Å². The minimum absolute atomic E-state index is 0.114. The third-order valence-electron chi connectivity index (χ3n) is 3.99. The van der Waals surface area contributed by atoms with Gasteiger partial charge in [-0.25, -0.2) is 4.79 Å². The van der Waals surface area contributed by atoms with E-state index in [4.69, 9.17) is 0 Å². The normalized spacial score (nSPS) is 13.7. The first-order chi connectivity index (χ1) is 12.6. The number of carbonyl (C=O) groups is 3. The van der Waals surface area contributed by atoms with Crippen LogP contribution < -0.4 is 20.9 Å². The molecule has 0 bridgehead atoms. The fourth-order valence-electron chi connectivity index (χ4n) is 2.66. The van der Waals surface area contributed by atoms with E-state index >= 15 is 0 Å². The zero-order valence-electron chi connectivity index (χ0n) is 14.2. The van der Waals surface area contributed by atoms with Gasteiger partial charge in [0.1, 0.15) is 0 Å².